The Labute approximate surface area is 228 Å². The molecule has 1 amide bonds. The Morgan fingerprint density at radius 3 is 2.28 bits per heavy atom. The fourth-order valence-corrected chi connectivity index (χ4v) is 5.75. The van der Waals surface area contributed by atoms with E-state index in [1.54, 1.807) is 26.0 Å². The van der Waals surface area contributed by atoms with E-state index in [-0.39, 0.29) is 35.1 Å². The summed E-state index contributed by atoms with van der Waals surface area (Å²) >= 11 is 0. The molecule has 0 aliphatic carbocycles. The highest BCUT2D eigenvalue weighted by Gasteiger charge is 2.31. The number of hydrogen-bond acceptors (Lipinski definition) is 9. The number of aromatic nitrogens is 2. The first kappa shape index (κ1) is 30.2. The molecule has 0 bridgehead atoms. The molecule has 1 heterocycles. The summed E-state index contributed by atoms with van der Waals surface area (Å²) in [6.45, 7) is 7.85. The molecule has 1 unspecified atom stereocenters. The van der Waals surface area contributed by atoms with Crippen LogP contribution >= 0.6 is 7.60 Å². The lowest BCUT2D eigenvalue weighted by Gasteiger charge is -2.14. The summed E-state index contributed by atoms with van der Waals surface area (Å²) in [5.74, 6) is 0.823. The zero-order chi connectivity index (χ0) is 28.6. The highest BCUT2D eigenvalue weighted by molar-refractivity contribution is 7.90. The summed E-state index contributed by atoms with van der Waals surface area (Å²) < 4.78 is 57.3. The number of nitrogens with one attached hydrogen (secondary N) is 1. The third-order valence-electron chi connectivity index (χ3n) is 5.00. The number of aliphatic hydroxyl groups is 1. The number of carbonyl (C=O) groups is 1. The molecule has 0 aliphatic rings. The minimum absolute atomic E-state index is 0.0103. The van der Waals surface area contributed by atoms with Crippen molar-refractivity contribution in [3.63, 3.8) is 0 Å². The Balaban J connectivity index is 1.78. The van der Waals surface area contributed by atoms with Crippen molar-refractivity contribution in [1.29, 1.82) is 0 Å². The minimum Gasteiger partial charge on any atom is -0.491 e. The van der Waals surface area contributed by atoms with Gasteiger partial charge in [0.25, 0.3) is 5.91 Å². The van der Waals surface area contributed by atoms with Crippen molar-refractivity contribution in [1.82, 2.24) is 9.97 Å². The lowest BCUT2D eigenvalue weighted by atomic mass is 10.2. The maximum Gasteiger partial charge on any atom is 0.479 e. The summed E-state index contributed by atoms with van der Waals surface area (Å²) in [4.78, 5) is 21.7. The van der Waals surface area contributed by atoms with Crippen LogP contribution in [0.25, 0.3) is 0 Å². The highest BCUT2D eigenvalue weighted by atomic mass is 32.2. The molecule has 0 saturated carbocycles. The lowest BCUT2D eigenvalue weighted by molar-refractivity contribution is 0.101. The van der Waals surface area contributed by atoms with Crippen LogP contribution in [-0.4, -0.2) is 54.4 Å². The van der Waals surface area contributed by atoms with Gasteiger partial charge in [0.1, 0.15) is 30.0 Å². The van der Waals surface area contributed by atoms with Crippen molar-refractivity contribution in [3.05, 3.63) is 66.1 Å². The number of sulfone groups is 1. The van der Waals surface area contributed by atoms with Crippen LogP contribution in [0.5, 0.6) is 17.2 Å². The van der Waals surface area contributed by atoms with Gasteiger partial charge < -0.3 is 19.3 Å². The van der Waals surface area contributed by atoms with E-state index >= 15 is 0 Å². The first-order chi connectivity index (χ1) is 18.4. The van der Waals surface area contributed by atoms with E-state index in [1.807, 2.05) is 13.8 Å². The average molecular weight is 579 g/mol. The first-order valence-corrected chi connectivity index (χ1v) is 15.9. The fourth-order valence-electron chi connectivity index (χ4n) is 3.44. The second kappa shape index (κ2) is 13.2. The van der Waals surface area contributed by atoms with Crippen LogP contribution in [0.15, 0.2) is 59.8 Å². The van der Waals surface area contributed by atoms with E-state index in [9.17, 15) is 17.8 Å². The van der Waals surface area contributed by atoms with Crippen molar-refractivity contribution in [2.75, 3.05) is 24.8 Å². The van der Waals surface area contributed by atoms with Gasteiger partial charge in [0.15, 0.2) is 15.7 Å². The molecule has 0 spiro atoms. The fraction of sp³-hybridized carbons (Fsp3) is 0.346. The molecule has 0 fully saturated rings. The predicted molar refractivity (Wildman–Crippen MR) is 148 cm³/mol. The van der Waals surface area contributed by atoms with E-state index in [0.29, 0.717) is 29.5 Å². The summed E-state index contributed by atoms with van der Waals surface area (Å²) in [6, 6.07) is 10.7. The molecule has 0 radical (unpaired) electrons. The van der Waals surface area contributed by atoms with Crippen molar-refractivity contribution < 1.29 is 36.3 Å². The number of ether oxygens (including phenoxy) is 2. The van der Waals surface area contributed by atoms with Gasteiger partial charge in [0.2, 0.25) is 0 Å². The summed E-state index contributed by atoms with van der Waals surface area (Å²) in [7, 11) is -6.56. The van der Waals surface area contributed by atoms with Gasteiger partial charge in [-0.05, 0) is 57.2 Å². The Morgan fingerprint density at radius 2 is 1.72 bits per heavy atom. The molecule has 2 aromatic carbocycles. The molecule has 39 heavy (non-hydrogen) atoms. The monoisotopic (exact) mass is 578 g/mol. The van der Waals surface area contributed by atoms with Crippen LogP contribution in [0.1, 0.15) is 43.7 Å². The second-order valence-corrected chi connectivity index (χ2v) is 12.9. The molecular formula is C26H33N3O8PS+. The topological polar surface area (TPSA) is 147 Å². The molecule has 13 heteroatoms. The first-order valence-electron chi connectivity index (χ1n) is 12.3. The third-order valence-corrected chi connectivity index (χ3v) is 8.23. The van der Waals surface area contributed by atoms with Gasteiger partial charge >= 0.3 is 7.60 Å². The Bertz CT molecular complexity index is 1420. The van der Waals surface area contributed by atoms with Crippen molar-refractivity contribution in [3.8, 4) is 17.2 Å². The summed E-state index contributed by atoms with van der Waals surface area (Å²) in [5.41, 5.74) is 0.663. The van der Waals surface area contributed by atoms with Gasteiger partial charge in [0.05, 0.1) is 35.7 Å². The molecule has 210 valence electrons. The van der Waals surface area contributed by atoms with Gasteiger partial charge in [-0.15, -0.1) is 0 Å². The van der Waals surface area contributed by atoms with Crippen LogP contribution in [0, 0.1) is 0 Å². The van der Waals surface area contributed by atoms with Crippen LogP contribution in [0.3, 0.4) is 0 Å². The number of hydrogen-bond donors (Lipinski definition) is 1. The maximum absolute atomic E-state index is 13.1. The largest absolute Gasteiger partial charge is 0.491 e. The van der Waals surface area contributed by atoms with Gasteiger partial charge in [0, 0.05) is 24.8 Å². The summed E-state index contributed by atoms with van der Waals surface area (Å²) in [6.07, 6.45) is 3.76. The van der Waals surface area contributed by atoms with E-state index < -0.39 is 23.3 Å². The zero-order valence-electron chi connectivity index (χ0n) is 22.4. The number of amides is 1. The SMILES string of the molecule is CCOP(=O)(Cc1cnc(NC(=O)c2cc(Oc3ccc(S(C)(=O)=O)cc3)cc(OC(C)C)c2)cn1)[OH+]CC. The lowest BCUT2D eigenvalue weighted by Crippen LogP contribution is -2.14. The molecule has 0 saturated heterocycles. The van der Waals surface area contributed by atoms with Crippen molar-refractivity contribution >= 4 is 29.2 Å². The number of anilines is 1. The van der Waals surface area contributed by atoms with Gasteiger partial charge in [-0.2, -0.15) is 0 Å². The van der Waals surface area contributed by atoms with E-state index in [2.05, 4.69) is 19.8 Å². The smallest absolute Gasteiger partial charge is 0.479 e. The number of benzene rings is 2. The maximum atomic E-state index is 13.1. The highest BCUT2D eigenvalue weighted by Crippen LogP contribution is 2.48. The zero-order valence-corrected chi connectivity index (χ0v) is 24.2. The van der Waals surface area contributed by atoms with Crippen LogP contribution in [0.2, 0.25) is 0 Å². The van der Waals surface area contributed by atoms with Gasteiger partial charge in [-0.1, -0.05) is 0 Å². The van der Waals surface area contributed by atoms with Crippen LogP contribution in [0.4, 0.5) is 5.82 Å². The normalized spacial score (nSPS) is 13.1. The molecule has 2 N–H and O–H groups in total. The third kappa shape index (κ3) is 9.14. The molecule has 11 nitrogen and oxygen atoms in total. The molecule has 1 atom stereocenters. The average Bonchev–Trinajstić information content (AvgIpc) is 2.84. The predicted octanol–water partition coefficient (Wildman–Crippen LogP) is 4.99. The van der Waals surface area contributed by atoms with Crippen LogP contribution < -0.4 is 14.8 Å². The van der Waals surface area contributed by atoms with Crippen molar-refractivity contribution in [2.24, 2.45) is 0 Å². The van der Waals surface area contributed by atoms with Crippen LogP contribution in [-0.2, 0) is 25.1 Å². The molecule has 0 aliphatic heterocycles. The Morgan fingerprint density at radius 1 is 1.03 bits per heavy atom. The van der Waals surface area contributed by atoms with Gasteiger partial charge in [-0.25, -0.2) is 18.0 Å². The number of carbonyl (C=O) groups excluding carboxylic acids is 1. The van der Waals surface area contributed by atoms with E-state index in [0.717, 1.165) is 6.26 Å². The summed E-state index contributed by atoms with van der Waals surface area (Å²) in [5, 5.41) is 2.68. The number of nitrogens with zero attached hydrogens (tertiary/aromatic N) is 2. The number of rotatable bonds is 13. The molecule has 3 rings (SSSR count). The van der Waals surface area contributed by atoms with Crippen molar-refractivity contribution in [2.45, 2.75) is 44.9 Å². The molecule has 1 aromatic heterocycles. The van der Waals surface area contributed by atoms with E-state index in [4.69, 9.17) is 14.0 Å². The molecular weight excluding hydrogens is 545 g/mol. The minimum atomic E-state index is -3.34. The van der Waals surface area contributed by atoms with Gasteiger partial charge in [-0.3, -0.25) is 14.3 Å². The Kier molecular flexibility index (Phi) is 10.2. The molecule has 3 aromatic rings. The Hall–Kier alpha value is -3.31. The van der Waals surface area contributed by atoms with E-state index in [1.165, 1.54) is 42.7 Å². The quantitative estimate of drug-likeness (QED) is 0.219. The second-order valence-electron chi connectivity index (χ2n) is 8.72. The standard InChI is InChI=1S/C26H32N3O8PS/c1-6-34-38(31,35-7-2)17-20-15-28-25(16-27-20)29-26(30)19-12-22(36-18(3)4)14-23(13-19)37-21-8-10-24(11-9-21)39(5,32)33/h8-16,18H,6-7,17H2,1-5H3,(H,28,29,30)/p+1.